The minimum Gasteiger partial charge on any atom is -0.480 e. The number of hydrogen-bond acceptors (Lipinski definition) is 6. The van der Waals surface area contributed by atoms with E-state index in [1.165, 1.54) is 18.7 Å². The van der Waals surface area contributed by atoms with Gasteiger partial charge in [0.1, 0.15) is 18.1 Å². The summed E-state index contributed by atoms with van der Waals surface area (Å²) in [4.78, 5) is 47.5. The molecule has 0 saturated carbocycles. The number of thioether (sulfide) groups is 1. The lowest BCUT2D eigenvalue weighted by atomic mass is 9.97. The van der Waals surface area contributed by atoms with Gasteiger partial charge < -0.3 is 26.8 Å². The zero-order valence-electron chi connectivity index (χ0n) is 15.7. The Morgan fingerprint density at radius 3 is 2.15 bits per heavy atom. The maximum atomic E-state index is 12.6. The van der Waals surface area contributed by atoms with E-state index >= 15 is 0 Å². The minimum absolute atomic E-state index is 0.160. The Kier molecular flexibility index (Phi) is 11.7. The molecule has 0 aliphatic rings. The summed E-state index contributed by atoms with van der Waals surface area (Å²) in [7, 11) is 0. The predicted molar refractivity (Wildman–Crippen MR) is 101 cm³/mol. The van der Waals surface area contributed by atoms with Gasteiger partial charge in [0.05, 0.1) is 6.54 Å². The second-order valence-corrected chi connectivity index (χ2v) is 7.03. The fraction of sp³-hybridized carbons (Fsp3) is 0.750. The van der Waals surface area contributed by atoms with Crippen LogP contribution in [0.5, 0.6) is 0 Å². The molecule has 3 amide bonds. The van der Waals surface area contributed by atoms with Gasteiger partial charge in [-0.1, -0.05) is 20.3 Å². The first-order valence-electron chi connectivity index (χ1n) is 8.49. The van der Waals surface area contributed by atoms with Crippen molar-refractivity contribution < 1.29 is 24.3 Å². The summed E-state index contributed by atoms with van der Waals surface area (Å²) < 4.78 is 0. The summed E-state index contributed by atoms with van der Waals surface area (Å²) in [6, 6.07) is -2.78. The van der Waals surface area contributed by atoms with Crippen LogP contribution in [-0.4, -0.2) is 65.5 Å². The third kappa shape index (κ3) is 8.52. The van der Waals surface area contributed by atoms with Gasteiger partial charge in [-0.25, -0.2) is 0 Å². The number of nitrogens with one attached hydrogen (secondary N) is 3. The molecule has 4 unspecified atom stereocenters. The molecular weight excluding hydrogens is 360 g/mol. The van der Waals surface area contributed by atoms with Crippen LogP contribution >= 0.6 is 11.8 Å². The van der Waals surface area contributed by atoms with Crippen molar-refractivity contribution in [3.05, 3.63) is 0 Å². The molecule has 9 nitrogen and oxygen atoms in total. The van der Waals surface area contributed by atoms with Crippen LogP contribution in [0.3, 0.4) is 0 Å². The second-order valence-electron chi connectivity index (χ2n) is 6.05. The summed E-state index contributed by atoms with van der Waals surface area (Å²) in [5, 5.41) is 16.5. The third-order valence-corrected chi connectivity index (χ3v) is 4.61. The van der Waals surface area contributed by atoms with Crippen LogP contribution in [0.2, 0.25) is 0 Å². The van der Waals surface area contributed by atoms with E-state index in [0.717, 1.165) is 0 Å². The van der Waals surface area contributed by atoms with Crippen molar-refractivity contribution in [3.8, 4) is 0 Å². The Morgan fingerprint density at radius 2 is 1.69 bits per heavy atom. The molecule has 0 spiro atoms. The van der Waals surface area contributed by atoms with Crippen LogP contribution in [0.4, 0.5) is 0 Å². The first-order valence-corrected chi connectivity index (χ1v) is 9.89. The summed E-state index contributed by atoms with van der Waals surface area (Å²) in [5.74, 6) is -2.26. The molecule has 26 heavy (non-hydrogen) atoms. The van der Waals surface area contributed by atoms with Gasteiger partial charge in [-0.05, 0) is 31.3 Å². The van der Waals surface area contributed by atoms with Crippen LogP contribution in [-0.2, 0) is 19.2 Å². The molecule has 6 N–H and O–H groups in total. The van der Waals surface area contributed by atoms with E-state index in [9.17, 15) is 19.2 Å². The lowest BCUT2D eigenvalue weighted by Crippen LogP contribution is -2.57. The topological polar surface area (TPSA) is 151 Å². The molecule has 0 aliphatic heterocycles. The second kappa shape index (κ2) is 12.5. The van der Waals surface area contributed by atoms with Crippen molar-refractivity contribution in [1.82, 2.24) is 16.0 Å². The van der Waals surface area contributed by atoms with Crippen LogP contribution in [0.25, 0.3) is 0 Å². The number of amides is 3. The Balaban J connectivity index is 5.18. The van der Waals surface area contributed by atoms with Crippen molar-refractivity contribution in [1.29, 1.82) is 0 Å². The average Bonchev–Trinajstić information content (AvgIpc) is 2.61. The third-order valence-electron chi connectivity index (χ3n) is 3.97. The lowest BCUT2D eigenvalue weighted by Gasteiger charge is -2.26. The summed E-state index contributed by atoms with van der Waals surface area (Å²) in [6.45, 7) is 4.79. The number of nitrogens with two attached hydrogens (primary N) is 1. The molecule has 0 aromatic heterocycles. The summed E-state index contributed by atoms with van der Waals surface area (Å²) >= 11 is 1.50. The highest BCUT2D eigenvalue weighted by Crippen LogP contribution is 2.09. The highest BCUT2D eigenvalue weighted by atomic mass is 32.2. The molecule has 0 radical (unpaired) electrons. The zero-order chi connectivity index (χ0) is 20.3. The molecule has 0 aromatic rings. The smallest absolute Gasteiger partial charge is 0.325 e. The van der Waals surface area contributed by atoms with Gasteiger partial charge in [0.25, 0.3) is 0 Å². The van der Waals surface area contributed by atoms with Gasteiger partial charge >= 0.3 is 5.97 Å². The zero-order valence-corrected chi connectivity index (χ0v) is 16.5. The number of rotatable bonds is 12. The molecular formula is C16H30N4O5S. The molecule has 4 atom stereocenters. The van der Waals surface area contributed by atoms with Gasteiger partial charge in [0.2, 0.25) is 17.7 Å². The largest absolute Gasteiger partial charge is 0.480 e. The van der Waals surface area contributed by atoms with E-state index in [4.69, 9.17) is 10.8 Å². The number of aliphatic carboxylic acids is 1. The molecule has 0 aromatic carbocycles. The van der Waals surface area contributed by atoms with E-state index in [1.807, 2.05) is 20.1 Å². The monoisotopic (exact) mass is 390 g/mol. The standard InChI is InChI=1S/C16H30N4O5S/c1-5-9(2)13(20-12(21)8-17)15(23)19-11(6-7-26-4)14(22)18-10(3)16(24)25/h9-11,13H,5-8,17H2,1-4H3,(H,18,22)(H,19,23)(H,20,21)(H,24,25). The maximum absolute atomic E-state index is 12.6. The van der Waals surface area contributed by atoms with Gasteiger partial charge in [-0.2, -0.15) is 11.8 Å². The summed E-state index contributed by atoms with van der Waals surface area (Å²) in [6.07, 6.45) is 2.84. The van der Waals surface area contributed by atoms with Crippen molar-refractivity contribution >= 4 is 35.5 Å². The maximum Gasteiger partial charge on any atom is 0.325 e. The van der Waals surface area contributed by atoms with Crippen molar-refractivity contribution in [3.63, 3.8) is 0 Å². The van der Waals surface area contributed by atoms with Crippen molar-refractivity contribution in [2.24, 2.45) is 11.7 Å². The number of carbonyl (C=O) groups excluding carboxylic acids is 3. The van der Waals surface area contributed by atoms with Crippen LogP contribution in [0, 0.1) is 5.92 Å². The SMILES string of the molecule is CCC(C)C(NC(=O)CN)C(=O)NC(CCSC)C(=O)NC(C)C(=O)O. The molecule has 0 saturated heterocycles. The van der Waals surface area contributed by atoms with E-state index in [-0.39, 0.29) is 12.5 Å². The van der Waals surface area contributed by atoms with Gasteiger partial charge in [-0.15, -0.1) is 0 Å². The molecule has 150 valence electrons. The molecule has 0 aliphatic carbocycles. The van der Waals surface area contributed by atoms with E-state index in [1.54, 1.807) is 0 Å². The molecule has 10 heteroatoms. The number of carboxylic acid groups (broad SMARTS) is 1. The lowest BCUT2D eigenvalue weighted by molar-refractivity contribution is -0.141. The first-order chi connectivity index (χ1) is 12.2. The van der Waals surface area contributed by atoms with E-state index in [2.05, 4.69) is 16.0 Å². The molecule has 0 fully saturated rings. The highest BCUT2D eigenvalue weighted by molar-refractivity contribution is 7.98. The van der Waals surface area contributed by atoms with Crippen LogP contribution < -0.4 is 21.7 Å². The first kappa shape index (κ1) is 24.2. The highest BCUT2D eigenvalue weighted by Gasteiger charge is 2.30. The fourth-order valence-electron chi connectivity index (χ4n) is 2.08. The predicted octanol–water partition coefficient (Wildman–Crippen LogP) is -0.697. The average molecular weight is 391 g/mol. The van der Waals surface area contributed by atoms with Gasteiger partial charge in [0, 0.05) is 0 Å². The van der Waals surface area contributed by atoms with E-state index in [0.29, 0.717) is 18.6 Å². The number of carboxylic acids is 1. The quantitative estimate of drug-likeness (QED) is 0.296. The van der Waals surface area contributed by atoms with Gasteiger partial charge in [-0.3, -0.25) is 19.2 Å². The Labute approximate surface area is 158 Å². The van der Waals surface area contributed by atoms with Crippen LogP contribution in [0.15, 0.2) is 0 Å². The fourth-order valence-corrected chi connectivity index (χ4v) is 2.55. The minimum atomic E-state index is -1.17. The summed E-state index contributed by atoms with van der Waals surface area (Å²) in [5.41, 5.74) is 5.29. The van der Waals surface area contributed by atoms with Gasteiger partial charge in [0.15, 0.2) is 0 Å². The van der Waals surface area contributed by atoms with Crippen LogP contribution in [0.1, 0.15) is 33.6 Å². The molecule has 0 heterocycles. The molecule has 0 bridgehead atoms. The number of hydrogen-bond donors (Lipinski definition) is 5. The van der Waals surface area contributed by atoms with Crippen molar-refractivity contribution in [2.45, 2.75) is 51.7 Å². The van der Waals surface area contributed by atoms with Crippen molar-refractivity contribution in [2.75, 3.05) is 18.6 Å². The number of carbonyl (C=O) groups is 4. The molecule has 0 rings (SSSR count). The normalized spacial score (nSPS) is 15.3. The van der Waals surface area contributed by atoms with E-state index < -0.39 is 41.8 Å². The Bertz CT molecular complexity index is 503. The Hall–Kier alpha value is -1.81. The Morgan fingerprint density at radius 1 is 1.08 bits per heavy atom.